The predicted molar refractivity (Wildman–Crippen MR) is 63.4 cm³/mol. The lowest BCUT2D eigenvalue weighted by molar-refractivity contribution is 0.0922. The third kappa shape index (κ3) is 2.97. The first-order valence-electron chi connectivity index (χ1n) is 5.92. The number of phenols is 1. The van der Waals surface area contributed by atoms with E-state index in [1.807, 2.05) is 12.1 Å². The van der Waals surface area contributed by atoms with Crippen LogP contribution in [0.2, 0.25) is 0 Å². The molecule has 0 aliphatic carbocycles. The summed E-state index contributed by atoms with van der Waals surface area (Å²) < 4.78 is 0. The standard InChI is InChI=1S/C13H19NO2/c15-12-5-3-10(4-6-12)8-13(16)11-2-1-7-14-9-11/h3-6,11,13-16H,1-2,7-9H2. The van der Waals surface area contributed by atoms with E-state index in [9.17, 15) is 5.11 Å². The molecule has 16 heavy (non-hydrogen) atoms. The van der Waals surface area contributed by atoms with Gasteiger partial charge in [-0.25, -0.2) is 0 Å². The van der Waals surface area contributed by atoms with Gasteiger partial charge in [0.25, 0.3) is 0 Å². The van der Waals surface area contributed by atoms with Crippen molar-refractivity contribution in [2.24, 2.45) is 5.92 Å². The van der Waals surface area contributed by atoms with Crippen molar-refractivity contribution < 1.29 is 10.2 Å². The first-order valence-corrected chi connectivity index (χ1v) is 5.92. The van der Waals surface area contributed by atoms with E-state index in [4.69, 9.17) is 5.11 Å². The van der Waals surface area contributed by atoms with Crippen molar-refractivity contribution >= 4 is 0 Å². The summed E-state index contributed by atoms with van der Waals surface area (Å²) in [5, 5.41) is 22.6. The van der Waals surface area contributed by atoms with Crippen LogP contribution >= 0.6 is 0 Å². The minimum Gasteiger partial charge on any atom is -0.508 e. The molecule has 0 saturated carbocycles. The smallest absolute Gasteiger partial charge is 0.115 e. The maximum Gasteiger partial charge on any atom is 0.115 e. The average Bonchev–Trinajstić information content (AvgIpc) is 2.33. The van der Waals surface area contributed by atoms with Gasteiger partial charge >= 0.3 is 0 Å². The van der Waals surface area contributed by atoms with Gasteiger partial charge in [0, 0.05) is 6.54 Å². The van der Waals surface area contributed by atoms with Gasteiger partial charge in [-0.05, 0) is 49.4 Å². The number of hydrogen-bond donors (Lipinski definition) is 3. The highest BCUT2D eigenvalue weighted by atomic mass is 16.3. The number of nitrogens with one attached hydrogen (secondary N) is 1. The Hall–Kier alpha value is -1.06. The molecular formula is C13H19NO2. The number of aliphatic hydroxyl groups is 1. The minimum atomic E-state index is -0.280. The van der Waals surface area contributed by atoms with E-state index >= 15 is 0 Å². The van der Waals surface area contributed by atoms with Gasteiger partial charge in [-0.15, -0.1) is 0 Å². The quantitative estimate of drug-likeness (QED) is 0.721. The van der Waals surface area contributed by atoms with Gasteiger partial charge in [-0.3, -0.25) is 0 Å². The molecular weight excluding hydrogens is 202 g/mol. The SMILES string of the molecule is Oc1ccc(CC(O)C2CCCNC2)cc1. The summed E-state index contributed by atoms with van der Waals surface area (Å²) in [5.41, 5.74) is 1.08. The lowest BCUT2D eigenvalue weighted by Crippen LogP contribution is -2.37. The molecule has 1 aromatic rings. The number of benzene rings is 1. The monoisotopic (exact) mass is 221 g/mol. The van der Waals surface area contributed by atoms with Crippen molar-refractivity contribution in [3.8, 4) is 5.75 Å². The van der Waals surface area contributed by atoms with Crippen molar-refractivity contribution in [3.05, 3.63) is 29.8 Å². The maximum absolute atomic E-state index is 10.1. The normalized spacial score (nSPS) is 22.9. The van der Waals surface area contributed by atoms with Crippen molar-refractivity contribution in [2.75, 3.05) is 13.1 Å². The Morgan fingerprint density at radius 3 is 2.69 bits per heavy atom. The summed E-state index contributed by atoms with van der Waals surface area (Å²) in [6, 6.07) is 7.08. The largest absolute Gasteiger partial charge is 0.508 e. The molecule has 2 unspecified atom stereocenters. The number of phenolic OH excluding ortho intramolecular Hbond substituents is 1. The third-order valence-corrected chi connectivity index (χ3v) is 3.26. The lowest BCUT2D eigenvalue weighted by Gasteiger charge is -2.27. The summed E-state index contributed by atoms with van der Waals surface area (Å²) in [5.74, 6) is 0.639. The van der Waals surface area contributed by atoms with Crippen LogP contribution in [0.15, 0.2) is 24.3 Å². The molecule has 3 heteroatoms. The molecule has 2 atom stereocenters. The van der Waals surface area contributed by atoms with Crippen molar-refractivity contribution in [1.82, 2.24) is 5.32 Å². The highest BCUT2D eigenvalue weighted by molar-refractivity contribution is 5.26. The molecule has 1 aliphatic heterocycles. The zero-order chi connectivity index (χ0) is 11.4. The fourth-order valence-electron chi connectivity index (χ4n) is 2.25. The molecule has 1 heterocycles. The van der Waals surface area contributed by atoms with Gasteiger partial charge in [-0.1, -0.05) is 12.1 Å². The molecule has 0 spiro atoms. The van der Waals surface area contributed by atoms with Crippen LogP contribution in [-0.4, -0.2) is 29.4 Å². The first-order chi connectivity index (χ1) is 7.75. The second-order valence-corrected chi connectivity index (χ2v) is 4.54. The molecule has 1 aromatic carbocycles. The Morgan fingerprint density at radius 1 is 1.31 bits per heavy atom. The Bertz CT molecular complexity index is 317. The molecule has 3 N–H and O–H groups in total. The van der Waals surface area contributed by atoms with Crippen LogP contribution in [0.5, 0.6) is 5.75 Å². The molecule has 0 bridgehead atoms. The van der Waals surface area contributed by atoms with E-state index in [0.717, 1.165) is 31.5 Å². The van der Waals surface area contributed by atoms with E-state index in [1.54, 1.807) is 12.1 Å². The van der Waals surface area contributed by atoms with Crippen LogP contribution in [0.3, 0.4) is 0 Å². The van der Waals surface area contributed by atoms with Crippen molar-refractivity contribution in [1.29, 1.82) is 0 Å². The van der Waals surface area contributed by atoms with Crippen LogP contribution < -0.4 is 5.32 Å². The van der Waals surface area contributed by atoms with Crippen LogP contribution in [0, 0.1) is 5.92 Å². The molecule has 0 amide bonds. The fourth-order valence-corrected chi connectivity index (χ4v) is 2.25. The van der Waals surface area contributed by atoms with E-state index in [1.165, 1.54) is 0 Å². The summed E-state index contributed by atoms with van der Waals surface area (Å²) in [6.45, 7) is 1.99. The summed E-state index contributed by atoms with van der Waals surface area (Å²) in [7, 11) is 0. The minimum absolute atomic E-state index is 0.276. The Morgan fingerprint density at radius 2 is 2.06 bits per heavy atom. The van der Waals surface area contributed by atoms with Crippen LogP contribution in [0.25, 0.3) is 0 Å². The predicted octanol–water partition coefficient (Wildman–Crippen LogP) is 1.30. The van der Waals surface area contributed by atoms with E-state index in [-0.39, 0.29) is 11.9 Å². The van der Waals surface area contributed by atoms with E-state index in [0.29, 0.717) is 12.3 Å². The Labute approximate surface area is 96.1 Å². The van der Waals surface area contributed by atoms with Crippen LogP contribution in [0.1, 0.15) is 18.4 Å². The number of rotatable bonds is 3. The third-order valence-electron chi connectivity index (χ3n) is 3.26. The molecule has 0 radical (unpaired) electrons. The molecule has 2 rings (SSSR count). The first kappa shape index (κ1) is 11.4. The van der Waals surface area contributed by atoms with Crippen molar-refractivity contribution in [3.63, 3.8) is 0 Å². The Kier molecular flexibility index (Phi) is 3.80. The second kappa shape index (κ2) is 5.32. The summed E-state index contributed by atoms with van der Waals surface area (Å²) in [6.07, 6.45) is 2.65. The number of piperidine rings is 1. The molecule has 0 aromatic heterocycles. The topological polar surface area (TPSA) is 52.5 Å². The molecule has 1 aliphatic rings. The van der Waals surface area contributed by atoms with E-state index in [2.05, 4.69) is 5.32 Å². The second-order valence-electron chi connectivity index (χ2n) is 4.54. The summed E-state index contributed by atoms with van der Waals surface area (Å²) >= 11 is 0. The van der Waals surface area contributed by atoms with Gasteiger partial charge in [0.2, 0.25) is 0 Å². The number of aromatic hydroxyl groups is 1. The molecule has 1 saturated heterocycles. The highest BCUT2D eigenvalue weighted by Gasteiger charge is 2.21. The number of aliphatic hydroxyl groups excluding tert-OH is 1. The van der Waals surface area contributed by atoms with Gasteiger partial charge in [0.15, 0.2) is 0 Å². The lowest BCUT2D eigenvalue weighted by atomic mass is 9.90. The van der Waals surface area contributed by atoms with Gasteiger partial charge in [-0.2, -0.15) is 0 Å². The molecule has 3 nitrogen and oxygen atoms in total. The van der Waals surface area contributed by atoms with Gasteiger partial charge in [0.05, 0.1) is 6.10 Å². The fraction of sp³-hybridized carbons (Fsp3) is 0.538. The molecule has 1 fully saturated rings. The van der Waals surface area contributed by atoms with Crippen LogP contribution in [-0.2, 0) is 6.42 Å². The average molecular weight is 221 g/mol. The van der Waals surface area contributed by atoms with Gasteiger partial charge < -0.3 is 15.5 Å². The Balaban J connectivity index is 1.90. The maximum atomic E-state index is 10.1. The van der Waals surface area contributed by atoms with Gasteiger partial charge in [0.1, 0.15) is 5.75 Å². The van der Waals surface area contributed by atoms with Crippen LogP contribution in [0.4, 0.5) is 0 Å². The molecule has 88 valence electrons. The van der Waals surface area contributed by atoms with Crippen molar-refractivity contribution in [2.45, 2.75) is 25.4 Å². The summed E-state index contributed by atoms with van der Waals surface area (Å²) in [4.78, 5) is 0. The van der Waals surface area contributed by atoms with E-state index < -0.39 is 0 Å². The zero-order valence-electron chi connectivity index (χ0n) is 9.39. The number of hydrogen-bond acceptors (Lipinski definition) is 3. The zero-order valence-corrected chi connectivity index (χ0v) is 9.39. The highest BCUT2D eigenvalue weighted by Crippen LogP contribution is 2.19.